The van der Waals surface area contributed by atoms with Crippen LogP contribution in [0.1, 0.15) is 30.6 Å². The number of carboxylic acids is 1. The van der Waals surface area contributed by atoms with Crippen LogP contribution < -0.4 is 0 Å². The lowest BCUT2D eigenvalue weighted by Gasteiger charge is -2.27. The third kappa shape index (κ3) is 3.84. The molecule has 0 aromatic heterocycles. The zero-order valence-electron chi connectivity index (χ0n) is 10.4. The third-order valence-electron chi connectivity index (χ3n) is 2.69. The molecule has 4 nitrogen and oxygen atoms in total. The van der Waals surface area contributed by atoms with E-state index in [0.717, 1.165) is 4.47 Å². The van der Waals surface area contributed by atoms with Crippen LogP contribution in [-0.4, -0.2) is 34.5 Å². The van der Waals surface area contributed by atoms with Crippen molar-refractivity contribution < 1.29 is 14.7 Å². The van der Waals surface area contributed by atoms with Crippen molar-refractivity contribution in [2.24, 2.45) is 0 Å². The number of aliphatic carboxylic acids is 1. The van der Waals surface area contributed by atoms with Gasteiger partial charge in [0.15, 0.2) is 0 Å². The maximum absolute atomic E-state index is 12.2. The topological polar surface area (TPSA) is 57.6 Å². The van der Waals surface area contributed by atoms with Crippen LogP contribution in [0.3, 0.4) is 0 Å². The van der Waals surface area contributed by atoms with E-state index >= 15 is 0 Å². The summed E-state index contributed by atoms with van der Waals surface area (Å²) in [6.45, 7) is 4.08. The minimum atomic E-state index is -0.899. The maximum Gasteiger partial charge on any atom is 0.305 e. The lowest BCUT2D eigenvalue weighted by atomic mass is 10.1. The Morgan fingerprint density at radius 1 is 1.33 bits per heavy atom. The van der Waals surface area contributed by atoms with E-state index in [1.807, 2.05) is 6.92 Å². The molecule has 0 aliphatic rings. The number of carbonyl (C=O) groups excluding carboxylic acids is 1. The van der Waals surface area contributed by atoms with Crippen LogP contribution >= 0.6 is 15.9 Å². The summed E-state index contributed by atoms with van der Waals surface area (Å²) in [6.07, 6.45) is -0.0455. The number of halogens is 1. The summed E-state index contributed by atoms with van der Waals surface area (Å²) in [5, 5.41) is 8.77. The fourth-order valence-corrected chi connectivity index (χ4v) is 2.04. The normalized spacial score (nSPS) is 11.9. The van der Waals surface area contributed by atoms with Crippen molar-refractivity contribution in [1.82, 2.24) is 4.90 Å². The van der Waals surface area contributed by atoms with Crippen molar-refractivity contribution in [2.45, 2.75) is 26.3 Å². The molecule has 0 heterocycles. The van der Waals surface area contributed by atoms with Crippen molar-refractivity contribution in [2.75, 3.05) is 6.54 Å². The van der Waals surface area contributed by atoms with Gasteiger partial charge in [-0.25, -0.2) is 0 Å². The van der Waals surface area contributed by atoms with E-state index < -0.39 is 5.97 Å². The Morgan fingerprint density at radius 3 is 2.33 bits per heavy atom. The van der Waals surface area contributed by atoms with Crippen molar-refractivity contribution in [3.8, 4) is 0 Å². The van der Waals surface area contributed by atoms with Crippen molar-refractivity contribution in [1.29, 1.82) is 0 Å². The molecule has 0 aliphatic carbocycles. The molecule has 1 aromatic carbocycles. The Balaban J connectivity index is 2.85. The molecule has 98 valence electrons. The Hall–Kier alpha value is -1.36. The van der Waals surface area contributed by atoms with E-state index in [-0.39, 0.29) is 18.4 Å². The summed E-state index contributed by atoms with van der Waals surface area (Å²) in [6, 6.07) is 6.72. The molecule has 0 bridgehead atoms. The zero-order valence-corrected chi connectivity index (χ0v) is 12.0. The average molecular weight is 314 g/mol. The number of hydrogen-bond acceptors (Lipinski definition) is 2. The van der Waals surface area contributed by atoms with E-state index in [0.29, 0.717) is 12.1 Å². The summed E-state index contributed by atoms with van der Waals surface area (Å²) >= 11 is 3.31. The SMILES string of the molecule is CCN(C(=O)c1ccc(Br)cc1)C(C)CC(=O)O. The number of amides is 1. The highest BCUT2D eigenvalue weighted by Gasteiger charge is 2.21. The summed E-state index contributed by atoms with van der Waals surface area (Å²) in [5.74, 6) is -1.04. The number of carboxylic acid groups (broad SMARTS) is 1. The van der Waals surface area contributed by atoms with Crippen LogP contribution in [0.2, 0.25) is 0 Å². The second-order valence-corrected chi connectivity index (χ2v) is 4.96. The van der Waals surface area contributed by atoms with Gasteiger partial charge in [0.1, 0.15) is 0 Å². The third-order valence-corrected chi connectivity index (χ3v) is 3.22. The molecule has 5 heteroatoms. The summed E-state index contributed by atoms with van der Waals surface area (Å²) < 4.78 is 0.903. The smallest absolute Gasteiger partial charge is 0.305 e. The quantitative estimate of drug-likeness (QED) is 0.909. The largest absolute Gasteiger partial charge is 0.481 e. The van der Waals surface area contributed by atoms with Gasteiger partial charge in [-0.2, -0.15) is 0 Å². The molecule has 0 saturated heterocycles. The summed E-state index contributed by atoms with van der Waals surface area (Å²) in [7, 11) is 0. The van der Waals surface area contributed by atoms with Gasteiger partial charge in [-0.1, -0.05) is 15.9 Å². The van der Waals surface area contributed by atoms with Crippen molar-refractivity contribution in [3.63, 3.8) is 0 Å². The van der Waals surface area contributed by atoms with Gasteiger partial charge >= 0.3 is 5.97 Å². The Kier molecular flexibility index (Phi) is 5.34. The molecule has 1 N–H and O–H groups in total. The first-order chi connectivity index (χ1) is 8.45. The predicted octanol–water partition coefficient (Wildman–Crippen LogP) is 2.77. The molecule has 1 unspecified atom stereocenters. The number of nitrogens with zero attached hydrogens (tertiary/aromatic N) is 1. The van der Waals surface area contributed by atoms with E-state index in [1.165, 1.54) is 0 Å². The minimum Gasteiger partial charge on any atom is -0.481 e. The van der Waals surface area contributed by atoms with Crippen molar-refractivity contribution in [3.05, 3.63) is 34.3 Å². The van der Waals surface area contributed by atoms with Crippen LogP contribution in [0, 0.1) is 0 Å². The molecule has 0 fully saturated rings. The molecule has 0 saturated carbocycles. The molecular weight excluding hydrogens is 298 g/mol. The summed E-state index contributed by atoms with van der Waals surface area (Å²) in [5.41, 5.74) is 0.567. The van der Waals surface area contributed by atoms with Gasteiger partial charge in [0.05, 0.1) is 6.42 Å². The number of rotatable bonds is 5. The number of carbonyl (C=O) groups is 2. The Bertz CT molecular complexity index is 430. The Morgan fingerprint density at radius 2 is 1.89 bits per heavy atom. The molecule has 1 aromatic rings. The fraction of sp³-hybridized carbons (Fsp3) is 0.385. The van der Waals surface area contributed by atoms with Crippen LogP contribution in [-0.2, 0) is 4.79 Å². The van der Waals surface area contributed by atoms with Gasteiger partial charge in [0, 0.05) is 22.6 Å². The van der Waals surface area contributed by atoms with Gasteiger partial charge in [0.25, 0.3) is 5.91 Å². The molecule has 0 spiro atoms. The van der Waals surface area contributed by atoms with Gasteiger partial charge in [-0.3, -0.25) is 9.59 Å². The lowest BCUT2D eigenvalue weighted by molar-refractivity contribution is -0.138. The molecule has 0 radical (unpaired) electrons. The minimum absolute atomic E-state index is 0.0455. The molecule has 1 rings (SSSR count). The van der Waals surface area contributed by atoms with Gasteiger partial charge in [-0.05, 0) is 38.1 Å². The summed E-state index contributed by atoms with van der Waals surface area (Å²) in [4.78, 5) is 24.5. The van der Waals surface area contributed by atoms with E-state index in [4.69, 9.17) is 5.11 Å². The second-order valence-electron chi connectivity index (χ2n) is 4.04. The highest BCUT2D eigenvalue weighted by atomic mass is 79.9. The van der Waals surface area contributed by atoms with Crippen LogP contribution in [0.4, 0.5) is 0 Å². The first-order valence-electron chi connectivity index (χ1n) is 5.74. The van der Waals surface area contributed by atoms with Crippen LogP contribution in [0.5, 0.6) is 0 Å². The average Bonchev–Trinajstić information content (AvgIpc) is 2.29. The highest BCUT2D eigenvalue weighted by Crippen LogP contribution is 2.14. The first kappa shape index (κ1) is 14.7. The maximum atomic E-state index is 12.2. The monoisotopic (exact) mass is 313 g/mol. The Labute approximate surface area is 115 Å². The van der Waals surface area contributed by atoms with E-state index in [2.05, 4.69) is 15.9 Å². The molecule has 1 atom stereocenters. The standard InChI is InChI=1S/C13H16BrNO3/c1-3-15(9(2)8-12(16)17)13(18)10-4-6-11(14)7-5-10/h4-7,9H,3,8H2,1-2H3,(H,16,17). The molecule has 0 aliphatic heterocycles. The number of benzene rings is 1. The molecular formula is C13H16BrNO3. The van der Waals surface area contributed by atoms with Crippen LogP contribution in [0.15, 0.2) is 28.7 Å². The number of hydrogen-bond donors (Lipinski definition) is 1. The van der Waals surface area contributed by atoms with E-state index in [1.54, 1.807) is 36.1 Å². The van der Waals surface area contributed by atoms with E-state index in [9.17, 15) is 9.59 Å². The van der Waals surface area contributed by atoms with Gasteiger partial charge < -0.3 is 10.0 Å². The van der Waals surface area contributed by atoms with Gasteiger partial charge in [-0.15, -0.1) is 0 Å². The lowest BCUT2D eigenvalue weighted by Crippen LogP contribution is -2.39. The molecule has 18 heavy (non-hydrogen) atoms. The molecule has 1 amide bonds. The second kappa shape index (κ2) is 6.54. The highest BCUT2D eigenvalue weighted by molar-refractivity contribution is 9.10. The zero-order chi connectivity index (χ0) is 13.7. The fourth-order valence-electron chi connectivity index (χ4n) is 1.78. The van der Waals surface area contributed by atoms with Crippen molar-refractivity contribution >= 4 is 27.8 Å². The predicted molar refractivity (Wildman–Crippen MR) is 72.6 cm³/mol. The van der Waals surface area contributed by atoms with Gasteiger partial charge in [0.2, 0.25) is 0 Å². The first-order valence-corrected chi connectivity index (χ1v) is 6.53. The van der Waals surface area contributed by atoms with Crippen LogP contribution in [0.25, 0.3) is 0 Å².